The number of phenols is 1. The van der Waals surface area contributed by atoms with Gasteiger partial charge in [0.05, 0.1) is 18.2 Å². The van der Waals surface area contributed by atoms with Crippen molar-refractivity contribution in [1.82, 2.24) is 10.3 Å². The fourth-order valence-corrected chi connectivity index (χ4v) is 2.61. The molecule has 126 valence electrons. The number of carbonyl (C=O) groups is 1. The molecule has 0 aliphatic carbocycles. The number of hydrogen-bond donors (Lipinski definition) is 2. The smallest absolute Gasteiger partial charge is 0.251 e. The van der Waals surface area contributed by atoms with Gasteiger partial charge < -0.3 is 20.1 Å². The number of aromatic hydroxyl groups is 1. The van der Waals surface area contributed by atoms with Crippen molar-refractivity contribution in [3.05, 3.63) is 52.7 Å². The average molecular weight is 348 g/mol. The van der Waals surface area contributed by atoms with Gasteiger partial charge in [0.1, 0.15) is 11.6 Å². The summed E-state index contributed by atoms with van der Waals surface area (Å²) < 4.78 is 5.33. The van der Waals surface area contributed by atoms with Crippen LogP contribution < -0.4 is 10.2 Å². The predicted molar refractivity (Wildman–Crippen MR) is 91.6 cm³/mol. The zero-order valence-corrected chi connectivity index (χ0v) is 13.8. The summed E-state index contributed by atoms with van der Waals surface area (Å²) in [5.74, 6) is 0.615. The molecule has 1 aromatic heterocycles. The Kier molecular flexibility index (Phi) is 5.17. The van der Waals surface area contributed by atoms with Crippen LogP contribution in [0.4, 0.5) is 5.82 Å². The van der Waals surface area contributed by atoms with Crippen molar-refractivity contribution in [2.75, 3.05) is 31.2 Å². The van der Waals surface area contributed by atoms with Crippen molar-refractivity contribution in [3.8, 4) is 5.75 Å². The number of morpholine rings is 1. The van der Waals surface area contributed by atoms with Gasteiger partial charge in [-0.2, -0.15) is 0 Å². The normalized spacial score (nSPS) is 14.5. The number of pyridine rings is 1. The summed E-state index contributed by atoms with van der Waals surface area (Å²) in [6.07, 6.45) is 1.76. The van der Waals surface area contributed by atoms with Gasteiger partial charge in [0.15, 0.2) is 0 Å². The number of ether oxygens (including phenoxy) is 1. The van der Waals surface area contributed by atoms with E-state index in [0.29, 0.717) is 25.3 Å². The van der Waals surface area contributed by atoms with E-state index in [2.05, 4.69) is 15.2 Å². The number of anilines is 1. The van der Waals surface area contributed by atoms with Gasteiger partial charge in [-0.15, -0.1) is 0 Å². The van der Waals surface area contributed by atoms with E-state index in [1.807, 2.05) is 12.1 Å². The highest BCUT2D eigenvalue weighted by atomic mass is 35.5. The van der Waals surface area contributed by atoms with Gasteiger partial charge in [0, 0.05) is 31.4 Å². The number of nitrogens with zero attached hydrogens (tertiary/aromatic N) is 2. The van der Waals surface area contributed by atoms with Crippen LogP contribution in [0.5, 0.6) is 5.75 Å². The molecule has 2 N–H and O–H groups in total. The van der Waals surface area contributed by atoms with Gasteiger partial charge in [-0.3, -0.25) is 4.79 Å². The molecule has 3 rings (SSSR count). The minimum Gasteiger partial charge on any atom is -0.506 e. The molecule has 1 amide bonds. The zero-order valence-electron chi connectivity index (χ0n) is 13.0. The first kappa shape index (κ1) is 16.5. The van der Waals surface area contributed by atoms with Gasteiger partial charge in [0.25, 0.3) is 5.91 Å². The van der Waals surface area contributed by atoms with E-state index in [0.717, 1.165) is 24.5 Å². The molecule has 24 heavy (non-hydrogen) atoms. The predicted octanol–water partition coefficient (Wildman–Crippen LogP) is 2.21. The third-order valence-corrected chi connectivity index (χ3v) is 4.11. The fourth-order valence-electron chi connectivity index (χ4n) is 2.43. The molecular formula is C17H18ClN3O3. The summed E-state index contributed by atoms with van der Waals surface area (Å²) in [5.41, 5.74) is 1.31. The monoisotopic (exact) mass is 347 g/mol. The molecule has 0 bridgehead atoms. The lowest BCUT2D eigenvalue weighted by atomic mass is 10.2. The molecule has 1 aliphatic heterocycles. The van der Waals surface area contributed by atoms with Crippen LogP contribution in [0.25, 0.3) is 0 Å². The third-order valence-electron chi connectivity index (χ3n) is 3.81. The summed E-state index contributed by atoms with van der Waals surface area (Å²) >= 11 is 5.81. The number of rotatable bonds is 4. The lowest BCUT2D eigenvalue weighted by molar-refractivity contribution is 0.0951. The average Bonchev–Trinajstić information content (AvgIpc) is 2.63. The molecule has 2 heterocycles. The van der Waals surface area contributed by atoms with Crippen LogP contribution in [-0.4, -0.2) is 42.3 Å². The Morgan fingerprint density at radius 1 is 1.29 bits per heavy atom. The summed E-state index contributed by atoms with van der Waals surface area (Å²) in [7, 11) is 0. The van der Waals surface area contributed by atoms with E-state index in [1.165, 1.54) is 18.2 Å². The minimum atomic E-state index is -0.255. The van der Waals surface area contributed by atoms with Gasteiger partial charge in [-0.1, -0.05) is 17.7 Å². The van der Waals surface area contributed by atoms with Crippen molar-refractivity contribution in [2.24, 2.45) is 0 Å². The Balaban J connectivity index is 1.57. The number of phenolic OH excluding ortho intramolecular Hbond substituents is 1. The number of nitrogens with one attached hydrogen (secondary N) is 1. The van der Waals surface area contributed by atoms with Gasteiger partial charge in [0.2, 0.25) is 0 Å². The van der Waals surface area contributed by atoms with Crippen LogP contribution in [0.15, 0.2) is 36.5 Å². The van der Waals surface area contributed by atoms with Crippen LogP contribution in [-0.2, 0) is 11.3 Å². The van der Waals surface area contributed by atoms with E-state index in [1.54, 1.807) is 6.20 Å². The van der Waals surface area contributed by atoms with Crippen LogP contribution in [0.2, 0.25) is 5.02 Å². The molecule has 1 aromatic carbocycles. The molecule has 0 saturated carbocycles. The van der Waals surface area contributed by atoms with Gasteiger partial charge >= 0.3 is 0 Å². The van der Waals surface area contributed by atoms with Crippen LogP contribution >= 0.6 is 11.6 Å². The van der Waals surface area contributed by atoms with Crippen molar-refractivity contribution in [3.63, 3.8) is 0 Å². The van der Waals surface area contributed by atoms with Crippen molar-refractivity contribution >= 4 is 23.3 Å². The highest BCUT2D eigenvalue weighted by Gasteiger charge is 2.12. The quantitative estimate of drug-likeness (QED) is 0.887. The second-order valence-electron chi connectivity index (χ2n) is 5.47. The fraction of sp³-hybridized carbons (Fsp3) is 0.294. The lowest BCUT2D eigenvalue weighted by Crippen LogP contribution is -2.36. The number of aromatic nitrogens is 1. The highest BCUT2D eigenvalue weighted by molar-refractivity contribution is 6.32. The highest BCUT2D eigenvalue weighted by Crippen LogP contribution is 2.23. The standard InChI is InChI=1S/C17H18ClN3O3/c18-14-9-13(2-3-15(14)22)17(23)20-11-12-1-4-16(19-10-12)21-5-7-24-8-6-21/h1-4,9-10,22H,5-8,11H2,(H,20,23). The number of carbonyl (C=O) groups excluding carboxylic acids is 1. The SMILES string of the molecule is O=C(NCc1ccc(N2CCOCC2)nc1)c1ccc(O)c(Cl)c1. The number of amides is 1. The molecule has 0 atom stereocenters. The molecule has 1 aliphatic rings. The molecule has 7 heteroatoms. The molecule has 1 saturated heterocycles. The molecule has 0 unspecified atom stereocenters. The summed E-state index contributed by atoms with van der Waals surface area (Å²) in [6.45, 7) is 3.48. The van der Waals surface area contributed by atoms with Crippen LogP contribution in [0, 0.1) is 0 Å². The molecule has 1 fully saturated rings. The number of hydrogen-bond acceptors (Lipinski definition) is 5. The maximum Gasteiger partial charge on any atom is 0.251 e. The zero-order chi connectivity index (χ0) is 16.9. The van der Waals surface area contributed by atoms with Crippen molar-refractivity contribution in [1.29, 1.82) is 0 Å². The first-order chi connectivity index (χ1) is 11.6. The van der Waals surface area contributed by atoms with E-state index in [-0.39, 0.29) is 16.7 Å². The lowest BCUT2D eigenvalue weighted by Gasteiger charge is -2.27. The Morgan fingerprint density at radius 3 is 2.75 bits per heavy atom. The second kappa shape index (κ2) is 7.51. The second-order valence-corrected chi connectivity index (χ2v) is 5.88. The summed E-state index contributed by atoms with van der Waals surface area (Å²) in [6, 6.07) is 8.25. The Hall–Kier alpha value is -2.31. The minimum absolute atomic E-state index is 0.0453. The van der Waals surface area contributed by atoms with E-state index >= 15 is 0 Å². The molecule has 0 radical (unpaired) electrons. The molecule has 0 spiro atoms. The van der Waals surface area contributed by atoms with Crippen molar-refractivity contribution in [2.45, 2.75) is 6.54 Å². The summed E-state index contributed by atoms with van der Waals surface area (Å²) in [4.78, 5) is 18.7. The van der Waals surface area contributed by atoms with E-state index < -0.39 is 0 Å². The maximum absolute atomic E-state index is 12.1. The number of benzene rings is 1. The molecule has 6 nitrogen and oxygen atoms in total. The van der Waals surface area contributed by atoms with Crippen molar-refractivity contribution < 1.29 is 14.6 Å². The topological polar surface area (TPSA) is 74.7 Å². The van der Waals surface area contributed by atoms with E-state index in [9.17, 15) is 9.90 Å². The third kappa shape index (κ3) is 3.96. The number of halogens is 1. The van der Waals surface area contributed by atoms with E-state index in [4.69, 9.17) is 16.3 Å². The summed E-state index contributed by atoms with van der Waals surface area (Å²) in [5, 5.41) is 12.3. The van der Waals surface area contributed by atoms with Crippen LogP contribution in [0.3, 0.4) is 0 Å². The van der Waals surface area contributed by atoms with Gasteiger partial charge in [-0.25, -0.2) is 4.98 Å². The Labute approximate surface area is 145 Å². The Morgan fingerprint density at radius 2 is 2.08 bits per heavy atom. The van der Waals surface area contributed by atoms with Crippen LogP contribution in [0.1, 0.15) is 15.9 Å². The molecule has 2 aromatic rings. The first-order valence-electron chi connectivity index (χ1n) is 7.68. The largest absolute Gasteiger partial charge is 0.506 e. The maximum atomic E-state index is 12.1. The first-order valence-corrected chi connectivity index (χ1v) is 8.05. The Bertz CT molecular complexity index is 716. The molecular weight excluding hydrogens is 330 g/mol. The van der Waals surface area contributed by atoms with Gasteiger partial charge in [-0.05, 0) is 29.8 Å².